The SMILES string of the molecule is C[C@H](CCC(=O)NCCCN(CCCCN(CCCNC(=O)CC[C@@H](C)[C@H]1CC[C@H]2[C@@H]3[C@H](O)C[C@@H]4C[C@H](O)CC[C@]4(C)[C@H]3C[C@H](O)[C@]12C)C(=O)CC[C@@H](C)[C@H]1CC[C@H]2[C@@H]3[C@H](O)C[C@@H]4C[C@H](O)CC[C@]4(C)[C@H]3C[C@H](O)[C@]12C)C(=O)CC[C@@H](C)[C@H]1CC[C@H]2[C@@H]3[C@H](O)C[C@@H]4C[C@H](O)CC[C@]4(C)[C@H]3C[C@H](O)[C@]12C)[C@H]1CC[C@H]2[C@@H]3[C@H](O)C[C@@H]4C[C@H](O)CC[C@]4(C)[C@H]3C[C@H](O)[C@]12C. The minimum absolute atomic E-state index is 0.00836. The van der Waals surface area contributed by atoms with Gasteiger partial charge in [-0.05, 0) is 416 Å². The molecule has 0 spiro atoms. The largest absolute Gasteiger partial charge is 0.393 e. The molecule has 20 nitrogen and oxygen atoms in total. The molecule has 0 aromatic carbocycles. The number of amides is 4. The Morgan fingerprint density at radius 1 is 0.294 bits per heavy atom. The van der Waals surface area contributed by atoms with Crippen molar-refractivity contribution < 1.29 is 80.5 Å². The Kier molecular flexibility index (Phi) is 28.7. The van der Waals surface area contributed by atoms with E-state index < -0.39 is 59.7 Å². The summed E-state index contributed by atoms with van der Waals surface area (Å²) >= 11 is 0. The Morgan fingerprint density at radius 2 is 0.524 bits per heavy atom. The highest BCUT2D eigenvalue weighted by molar-refractivity contribution is 5.77. The van der Waals surface area contributed by atoms with E-state index in [1.807, 2.05) is 9.80 Å². The van der Waals surface area contributed by atoms with E-state index in [4.69, 9.17) is 0 Å². The van der Waals surface area contributed by atoms with Crippen LogP contribution in [0.25, 0.3) is 0 Å². The van der Waals surface area contributed by atoms with Crippen molar-refractivity contribution in [2.75, 3.05) is 39.3 Å². The zero-order valence-corrected chi connectivity index (χ0v) is 80.2. The molecule has 16 rings (SSSR count). The molecule has 4 amide bonds. The van der Waals surface area contributed by atoms with Crippen LogP contribution >= 0.6 is 0 Å². The lowest BCUT2D eigenvalue weighted by atomic mass is 9.43. The quantitative estimate of drug-likeness (QED) is 0.0309. The van der Waals surface area contributed by atoms with Crippen molar-refractivity contribution in [1.29, 1.82) is 0 Å². The molecule has 0 heterocycles. The molecule has 20 heteroatoms. The first-order chi connectivity index (χ1) is 59.6. The van der Waals surface area contributed by atoms with Crippen LogP contribution < -0.4 is 10.6 Å². The topological polar surface area (TPSA) is 342 Å². The van der Waals surface area contributed by atoms with Gasteiger partial charge in [0.05, 0.1) is 73.2 Å². The molecule has 0 radical (unpaired) electrons. The second-order valence-electron chi connectivity index (χ2n) is 50.0. The molecule has 0 saturated heterocycles. The van der Waals surface area contributed by atoms with E-state index in [0.29, 0.717) is 181 Å². The van der Waals surface area contributed by atoms with E-state index in [9.17, 15) is 70.9 Å². The summed E-state index contributed by atoms with van der Waals surface area (Å²) < 4.78 is 0. The van der Waals surface area contributed by atoms with Crippen molar-refractivity contribution in [2.24, 2.45) is 185 Å². The number of nitrogens with zero attached hydrogens (tertiary/aromatic N) is 2. The highest BCUT2D eigenvalue weighted by Gasteiger charge is 2.72. The van der Waals surface area contributed by atoms with E-state index >= 15 is 9.59 Å². The lowest BCUT2D eigenvalue weighted by Crippen LogP contribution is -2.62. The predicted octanol–water partition coefficient (Wildman–Crippen LogP) is 13.9. The number of aliphatic hydroxyl groups is 12. The van der Waals surface area contributed by atoms with E-state index in [1.165, 1.54) is 0 Å². The standard InChI is InChI=1S/C106H178N4O16/c1-59(71-21-25-75-95-79(55-87(119)103(71,75)9)99(5)37-33-67(111)47-63(99)51-83(95)115)17-29-91(123)107-41-15-45-109(93(125)31-19-61(3)73-23-27-77-97-81(57-89(121)105(73,77)11)101(7)39-35-69(113)49-65(101)53-85(97)117)43-13-14-44-110(94(126)32-20-62(4)74-24-28-78-98-82(58-90(122)106(74,78)12)102(8)40-36-70(114)50-66(102)54-86(98)118)46-16-42-108-92(124)30-18-60(2)72-22-26-76-96-80(56-88(120)104(72,76)10)100(6)38-34-68(112)48-64(100)52-84(96)116/h59-90,95-98,111-122H,13-58H2,1-12H3,(H,107,123)(H,108,124)/t59-,60-,61-,62-,63+,64+,65+,66+,67-,68-,69-,70-,71-,72-,73-,74-,75+,76+,77+,78+,79+,80+,81+,82+,83-,84-,85-,86-,87+,88+,89+,90+,95+,96+,97+,98+,99+,100+,101+,102+,103-,104-,105-,106-/m1/s1. The summed E-state index contributed by atoms with van der Waals surface area (Å²) in [5.41, 5.74) is -1.64. The van der Waals surface area contributed by atoms with Gasteiger partial charge in [0.2, 0.25) is 23.6 Å². The van der Waals surface area contributed by atoms with Crippen LogP contribution in [-0.4, -0.2) is 207 Å². The molecule has 14 N–H and O–H groups in total. The number of carbonyl (C=O) groups excluding carboxylic acids is 4. The Balaban J connectivity index is 0.565. The summed E-state index contributed by atoms with van der Waals surface area (Å²) in [5, 5.41) is 147. The van der Waals surface area contributed by atoms with Crippen molar-refractivity contribution in [3.63, 3.8) is 0 Å². The summed E-state index contributed by atoms with van der Waals surface area (Å²) in [7, 11) is 0. The molecule has 0 unspecified atom stereocenters. The lowest BCUT2D eigenvalue weighted by molar-refractivity contribution is -0.207. The maximum absolute atomic E-state index is 15.2. The fraction of sp³-hybridized carbons (Fsp3) is 0.962. The second kappa shape index (κ2) is 37.5. The van der Waals surface area contributed by atoms with Gasteiger partial charge in [-0.2, -0.15) is 0 Å². The van der Waals surface area contributed by atoms with Gasteiger partial charge in [0.25, 0.3) is 0 Å². The lowest BCUT2D eigenvalue weighted by Gasteiger charge is -2.63. The summed E-state index contributed by atoms with van der Waals surface area (Å²) in [6.07, 6.45) is 23.8. The van der Waals surface area contributed by atoms with Crippen molar-refractivity contribution in [3.05, 3.63) is 0 Å². The van der Waals surface area contributed by atoms with Crippen molar-refractivity contribution >= 4 is 23.6 Å². The van der Waals surface area contributed by atoms with Crippen LogP contribution in [-0.2, 0) is 19.2 Å². The molecular formula is C106H178N4O16. The smallest absolute Gasteiger partial charge is 0.222 e. The van der Waals surface area contributed by atoms with Gasteiger partial charge < -0.3 is 81.7 Å². The number of nitrogens with one attached hydrogen (secondary N) is 2. The first kappa shape index (κ1) is 96.5. The van der Waals surface area contributed by atoms with Crippen LogP contribution in [0.2, 0.25) is 0 Å². The van der Waals surface area contributed by atoms with Gasteiger partial charge in [0.1, 0.15) is 0 Å². The average molecular weight is 1760 g/mol. The van der Waals surface area contributed by atoms with Gasteiger partial charge in [-0.3, -0.25) is 19.2 Å². The molecule has 0 aromatic heterocycles. The van der Waals surface area contributed by atoms with Crippen molar-refractivity contribution in [3.8, 4) is 0 Å². The third kappa shape index (κ3) is 16.9. The molecule has 0 bridgehead atoms. The Bertz CT molecular complexity index is 3530. The van der Waals surface area contributed by atoms with Gasteiger partial charge >= 0.3 is 0 Å². The number of carbonyl (C=O) groups is 4. The van der Waals surface area contributed by atoms with Gasteiger partial charge in [0, 0.05) is 65.0 Å². The average Bonchev–Trinajstić information content (AvgIpc) is 1.45. The second-order valence-corrected chi connectivity index (χ2v) is 50.0. The summed E-state index contributed by atoms with van der Waals surface area (Å²) in [6, 6.07) is 0. The van der Waals surface area contributed by atoms with Crippen molar-refractivity contribution in [2.45, 2.75) is 413 Å². The summed E-state index contributed by atoms with van der Waals surface area (Å²) in [5.74, 6) is 4.34. The fourth-order valence-electron chi connectivity index (χ4n) is 37.6. The molecule has 0 aromatic rings. The first-order valence-corrected chi connectivity index (χ1v) is 52.9. The third-order valence-corrected chi connectivity index (χ3v) is 45.0. The third-order valence-electron chi connectivity index (χ3n) is 45.0. The monoisotopic (exact) mass is 1760 g/mol. The van der Waals surface area contributed by atoms with E-state index in [1.54, 1.807) is 0 Å². The van der Waals surface area contributed by atoms with Crippen molar-refractivity contribution in [1.82, 2.24) is 20.4 Å². The molecule has 718 valence electrons. The zero-order valence-electron chi connectivity index (χ0n) is 80.2. The number of unbranched alkanes of at least 4 members (excludes halogenated alkanes) is 1. The highest BCUT2D eigenvalue weighted by Crippen LogP contribution is 2.74. The normalized spacial score (nSPS) is 50.0. The Hall–Kier alpha value is -2.60. The molecule has 44 atom stereocenters. The van der Waals surface area contributed by atoms with Gasteiger partial charge in [-0.25, -0.2) is 0 Å². The maximum atomic E-state index is 15.2. The Labute approximate surface area is 758 Å². The minimum Gasteiger partial charge on any atom is -0.393 e. The van der Waals surface area contributed by atoms with E-state index in [2.05, 4.69) is 93.7 Å². The highest BCUT2D eigenvalue weighted by atomic mass is 16.3. The number of fused-ring (bicyclic) bond motifs is 20. The summed E-state index contributed by atoms with van der Waals surface area (Å²) in [6.45, 7) is 30.3. The fourth-order valence-corrected chi connectivity index (χ4v) is 37.6. The van der Waals surface area contributed by atoms with E-state index in [-0.39, 0.29) is 223 Å². The van der Waals surface area contributed by atoms with Gasteiger partial charge in [-0.1, -0.05) is 83.1 Å². The number of hydrogen-bond acceptors (Lipinski definition) is 16. The van der Waals surface area contributed by atoms with Crippen LogP contribution in [0.5, 0.6) is 0 Å². The molecule has 126 heavy (non-hydrogen) atoms. The molecule has 16 aliphatic rings. The zero-order chi connectivity index (χ0) is 90.2. The molecular weight excluding hydrogens is 1590 g/mol. The van der Waals surface area contributed by atoms with Crippen LogP contribution in [0.3, 0.4) is 0 Å². The number of aliphatic hydroxyl groups excluding tert-OH is 12. The predicted molar refractivity (Wildman–Crippen MR) is 487 cm³/mol. The van der Waals surface area contributed by atoms with Gasteiger partial charge in [-0.15, -0.1) is 0 Å². The minimum atomic E-state index is -0.537. The van der Waals surface area contributed by atoms with Crippen LogP contribution in [0.15, 0.2) is 0 Å². The maximum Gasteiger partial charge on any atom is 0.222 e. The molecule has 16 saturated carbocycles. The molecule has 16 aliphatic carbocycles. The molecule has 0 aliphatic heterocycles. The molecule has 16 fully saturated rings. The first-order valence-electron chi connectivity index (χ1n) is 52.9. The van der Waals surface area contributed by atoms with Gasteiger partial charge in [0.15, 0.2) is 0 Å². The van der Waals surface area contributed by atoms with Crippen LogP contribution in [0.1, 0.15) is 340 Å². The van der Waals surface area contributed by atoms with Crippen LogP contribution in [0.4, 0.5) is 0 Å². The Morgan fingerprint density at radius 3 is 0.770 bits per heavy atom. The summed E-state index contributed by atoms with van der Waals surface area (Å²) in [4.78, 5) is 62.4. The number of rotatable bonds is 29. The number of hydrogen-bond donors (Lipinski definition) is 14. The van der Waals surface area contributed by atoms with E-state index in [0.717, 1.165) is 116 Å². The van der Waals surface area contributed by atoms with Crippen LogP contribution in [0, 0.1) is 185 Å².